The smallest absolute Gasteiger partial charge is 0.236 e. The van der Waals surface area contributed by atoms with Crippen LogP contribution in [-0.4, -0.2) is 37.6 Å². The molecule has 0 atom stereocenters. The van der Waals surface area contributed by atoms with E-state index in [0.717, 1.165) is 29.9 Å². The van der Waals surface area contributed by atoms with E-state index in [0.29, 0.717) is 12.6 Å². The molecular formula is C14H20N2O3. The van der Waals surface area contributed by atoms with Gasteiger partial charge in [-0.15, -0.1) is 0 Å². The molecule has 1 aromatic rings. The third-order valence-electron chi connectivity index (χ3n) is 3.32. The molecule has 0 aliphatic heterocycles. The van der Waals surface area contributed by atoms with E-state index in [-0.39, 0.29) is 12.5 Å². The van der Waals surface area contributed by atoms with Crippen LogP contribution in [0.4, 0.5) is 0 Å². The molecule has 0 heterocycles. The Bertz CT molecular complexity index is 458. The van der Waals surface area contributed by atoms with Gasteiger partial charge in [-0.25, -0.2) is 0 Å². The van der Waals surface area contributed by atoms with Gasteiger partial charge in [0.05, 0.1) is 20.8 Å². The van der Waals surface area contributed by atoms with E-state index in [4.69, 9.17) is 15.2 Å². The molecule has 19 heavy (non-hydrogen) atoms. The average Bonchev–Trinajstić information content (AvgIpc) is 3.28. The normalized spacial score (nSPS) is 14.1. The van der Waals surface area contributed by atoms with Crippen LogP contribution in [0, 0.1) is 0 Å². The minimum absolute atomic E-state index is 0.0135. The van der Waals surface area contributed by atoms with E-state index in [2.05, 4.69) is 0 Å². The van der Waals surface area contributed by atoms with Crippen molar-refractivity contribution in [2.45, 2.75) is 25.4 Å². The topological polar surface area (TPSA) is 64.8 Å². The van der Waals surface area contributed by atoms with Crippen molar-refractivity contribution in [3.05, 3.63) is 23.8 Å². The number of amides is 1. The molecule has 2 rings (SSSR count). The summed E-state index contributed by atoms with van der Waals surface area (Å²) >= 11 is 0. The van der Waals surface area contributed by atoms with Crippen LogP contribution >= 0.6 is 0 Å². The lowest BCUT2D eigenvalue weighted by Crippen LogP contribution is -2.37. The lowest BCUT2D eigenvalue weighted by Gasteiger charge is -2.23. The second-order valence-corrected chi connectivity index (χ2v) is 4.63. The molecule has 5 heteroatoms. The molecular weight excluding hydrogens is 244 g/mol. The highest BCUT2D eigenvalue weighted by molar-refractivity contribution is 5.78. The molecule has 1 aliphatic rings. The van der Waals surface area contributed by atoms with Crippen LogP contribution in [-0.2, 0) is 11.3 Å². The SMILES string of the molecule is COc1ccc(CN(C(=O)CN)C2CC2)c(OC)c1. The van der Waals surface area contributed by atoms with Crippen molar-refractivity contribution in [1.29, 1.82) is 0 Å². The lowest BCUT2D eigenvalue weighted by atomic mass is 10.1. The monoisotopic (exact) mass is 264 g/mol. The maximum absolute atomic E-state index is 11.9. The second-order valence-electron chi connectivity index (χ2n) is 4.63. The van der Waals surface area contributed by atoms with Crippen LogP contribution in [0.1, 0.15) is 18.4 Å². The number of nitrogens with two attached hydrogens (primary N) is 1. The molecule has 0 aromatic heterocycles. The van der Waals surface area contributed by atoms with Gasteiger partial charge in [-0.05, 0) is 25.0 Å². The van der Waals surface area contributed by atoms with Crippen molar-refractivity contribution in [2.24, 2.45) is 5.73 Å². The minimum atomic E-state index is -0.0135. The van der Waals surface area contributed by atoms with Gasteiger partial charge in [0.1, 0.15) is 11.5 Å². The first-order valence-corrected chi connectivity index (χ1v) is 6.40. The fourth-order valence-corrected chi connectivity index (χ4v) is 2.09. The van der Waals surface area contributed by atoms with Crippen LogP contribution in [0.15, 0.2) is 18.2 Å². The van der Waals surface area contributed by atoms with E-state index in [1.165, 1.54) is 0 Å². The number of rotatable bonds is 6. The van der Waals surface area contributed by atoms with Gasteiger partial charge in [0.25, 0.3) is 0 Å². The predicted molar refractivity (Wildman–Crippen MR) is 72.2 cm³/mol. The molecule has 1 aromatic carbocycles. The van der Waals surface area contributed by atoms with E-state index >= 15 is 0 Å². The highest BCUT2D eigenvalue weighted by Gasteiger charge is 2.32. The van der Waals surface area contributed by atoms with Crippen molar-refractivity contribution in [1.82, 2.24) is 4.90 Å². The number of hydrogen-bond acceptors (Lipinski definition) is 4. The van der Waals surface area contributed by atoms with Gasteiger partial charge in [-0.1, -0.05) is 0 Å². The number of ether oxygens (including phenoxy) is 2. The molecule has 1 saturated carbocycles. The van der Waals surface area contributed by atoms with Gasteiger partial charge >= 0.3 is 0 Å². The van der Waals surface area contributed by atoms with Gasteiger partial charge < -0.3 is 20.1 Å². The summed E-state index contributed by atoms with van der Waals surface area (Å²) in [6.45, 7) is 0.586. The molecule has 0 saturated heterocycles. The summed E-state index contributed by atoms with van der Waals surface area (Å²) in [6.07, 6.45) is 2.12. The first-order chi connectivity index (χ1) is 9.19. The van der Waals surface area contributed by atoms with Crippen LogP contribution in [0.2, 0.25) is 0 Å². The zero-order valence-electron chi connectivity index (χ0n) is 11.4. The second kappa shape index (κ2) is 5.93. The first-order valence-electron chi connectivity index (χ1n) is 6.40. The van der Waals surface area contributed by atoms with E-state index in [1.54, 1.807) is 14.2 Å². The number of nitrogens with zero attached hydrogens (tertiary/aromatic N) is 1. The molecule has 0 spiro atoms. The Morgan fingerprint density at radius 3 is 2.63 bits per heavy atom. The van der Waals surface area contributed by atoms with Crippen molar-refractivity contribution in [3.63, 3.8) is 0 Å². The number of hydrogen-bond donors (Lipinski definition) is 1. The molecule has 0 unspecified atom stereocenters. The highest BCUT2D eigenvalue weighted by Crippen LogP contribution is 2.31. The maximum Gasteiger partial charge on any atom is 0.236 e. The summed E-state index contributed by atoms with van der Waals surface area (Å²) in [5, 5.41) is 0. The van der Waals surface area contributed by atoms with Crippen LogP contribution in [0.25, 0.3) is 0 Å². The van der Waals surface area contributed by atoms with Gasteiger partial charge in [0, 0.05) is 24.2 Å². The summed E-state index contributed by atoms with van der Waals surface area (Å²) in [7, 11) is 3.23. The molecule has 2 N–H and O–H groups in total. The summed E-state index contributed by atoms with van der Waals surface area (Å²) in [5.41, 5.74) is 6.44. The quantitative estimate of drug-likeness (QED) is 0.837. The molecule has 5 nitrogen and oxygen atoms in total. The van der Waals surface area contributed by atoms with E-state index in [9.17, 15) is 4.79 Å². The third kappa shape index (κ3) is 3.17. The van der Waals surface area contributed by atoms with Crippen molar-refractivity contribution in [2.75, 3.05) is 20.8 Å². The summed E-state index contributed by atoms with van der Waals surface area (Å²) < 4.78 is 10.5. The largest absolute Gasteiger partial charge is 0.497 e. The zero-order valence-corrected chi connectivity index (χ0v) is 11.4. The van der Waals surface area contributed by atoms with Gasteiger partial charge in [0.15, 0.2) is 0 Å². The molecule has 0 bridgehead atoms. The summed E-state index contributed by atoms with van der Waals surface area (Å²) in [4.78, 5) is 13.7. The average molecular weight is 264 g/mol. The van der Waals surface area contributed by atoms with Crippen LogP contribution in [0.5, 0.6) is 11.5 Å². The number of benzene rings is 1. The predicted octanol–water partition coefficient (Wildman–Crippen LogP) is 1.15. The van der Waals surface area contributed by atoms with Crippen molar-refractivity contribution >= 4 is 5.91 Å². The van der Waals surface area contributed by atoms with E-state index in [1.807, 2.05) is 23.1 Å². The Hall–Kier alpha value is -1.75. The Morgan fingerprint density at radius 2 is 2.11 bits per heavy atom. The zero-order chi connectivity index (χ0) is 13.8. The fraction of sp³-hybridized carbons (Fsp3) is 0.500. The van der Waals surface area contributed by atoms with Gasteiger partial charge in [0.2, 0.25) is 5.91 Å². The Balaban J connectivity index is 2.18. The number of carbonyl (C=O) groups excluding carboxylic acids is 1. The maximum atomic E-state index is 11.9. The minimum Gasteiger partial charge on any atom is -0.497 e. The van der Waals surface area contributed by atoms with Gasteiger partial charge in [-0.3, -0.25) is 4.79 Å². The summed E-state index contributed by atoms with van der Waals surface area (Å²) in [6, 6.07) is 5.96. The summed E-state index contributed by atoms with van der Waals surface area (Å²) in [5.74, 6) is 1.46. The Labute approximate surface area is 113 Å². The molecule has 1 amide bonds. The van der Waals surface area contributed by atoms with E-state index < -0.39 is 0 Å². The number of methoxy groups -OCH3 is 2. The van der Waals surface area contributed by atoms with Gasteiger partial charge in [-0.2, -0.15) is 0 Å². The molecule has 1 fully saturated rings. The molecule has 0 radical (unpaired) electrons. The Kier molecular flexibility index (Phi) is 4.27. The van der Waals surface area contributed by atoms with Crippen molar-refractivity contribution < 1.29 is 14.3 Å². The fourth-order valence-electron chi connectivity index (χ4n) is 2.09. The van der Waals surface area contributed by atoms with Crippen LogP contribution in [0.3, 0.4) is 0 Å². The first kappa shape index (κ1) is 13.7. The van der Waals surface area contributed by atoms with Crippen molar-refractivity contribution in [3.8, 4) is 11.5 Å². The Morgan fingerprint density at radius 1 is 1.37 bits per heavy atom. The standard InChI is InChI=1S/C14H20N2O3/c1-18-12-6-3-10(13(7-12)19-2)9-16(11-4-5-11)14(17)8-15/h3,6-7,11H,4-5,8-9,15H2,1-2H3. The molecule has 1 aliphatic carbocycles. The molecule has 104 valence electrons. The number of carbonyl (C=O) groups is 1. The third-order valence-corrected chi connectivity index (χ3v) is 3.32. The lowest BCUT2D eigenvalue weighted by molar-refractivity contribution is -0.130. The highest BCUT2D eigenvalue weighted by atomic mass is 16.5. The van der Waals surface area contributed by atoms with Crippen LogP contribution < -0.4 is 15.2 Å².